The molecule has 0 unspecified atom stereocenters. The fourth-order valence-electron chi connectivity index (χ4n) is 1.64. The van der Waals surface area contributed by atoms with Crippen molar-refractivity contribution in [3.05, 3.63) is 42.5 Å². The predicted molar refractivity (Wildman–Crippen MR) is 77.7 cm³/mol. The summed E-state index contributed by atoms with van der Waals surface area (Å²) >= 11 is 1.14. The normalized spacial score (nSPS) is 10.2. The molecule has 8 heteroatoms. The zero-order chi connectivity index (χ0) is 15.2. The van der Waals surface area contributed by atoms with E-state index in [1.165, 1.54) is 19.5 Å². The van der Waals surface area contributed by atoms with Crippen LogP contribution >= 0.6 is 11.9 Å². The second kappa shape index (κ2) is 7.02. The number of hydrogen-bond acceptors (Lipinski definition) is 8. The van der Waals surface area contributed by atoms with Gasteiger partial charge in [0.1, 0.15) is 0 Å². The highest BCUT2D eigenvalue weighted by atomic mass is 32.2. The van der Waals surface area contributed by atoms with E-state index in [4.69, 9.17) is 0 Å². The number of anilines is 1. The molecule has 0 aliphatic rings. The van der Waals surface area contributed by atoms with E-state index < -0.39 is 5.97 Å². The van der Waals surface area contributed by atoms with Crippen LogP contribution in [0.4, 0.5) is 5.69 Å². The summed E-state index contributed by atoms with van der Waals surface area (Å²) in [5.41, 5.74) is 2.09. The van der Waals surface area contributed by atoms with Gasteiger partial charge in [0, 0.05) is 24.2 Å². The maximum atomic E-state index is 11.6. The van der Waals surface area contributed by atoms with Crippen molar-refractivity contribution in [2.45, 2.75) is 0 Å². The molecule has 21 heavy (non-hydrogen) atoms. The molecule has 0 aromatic carbocycles. The molecule has 2 aromatic rings. The molecule has 0 fully saturated rings. The van der Waals surface area contributed by atoms with Gasteiger partial charge in [0.15, 0.2) is 5.69 Å². The number of hydrogen-bond donors (Lipinski definition) is 1. The minimum atomic E-state index is -0.684. The molecule has 110 valence electrons. The Bertz CT molecular complexity index is 638. The van der Waals surface area contributed by atoms with Gasteiger partial charge in [-0.2, -0.15) is 9.36 Å². The number of carbonyl (C=O) groups excluding carboxylic acids is 1. The average molecular weight is 307 g/mol. The molecular formula is C13H13N3O4S. The van der Waals surface area contributed by atoms with Gasteiger partial charge in [-0.3, -0.25) is 15.1 Å². The van der Waals surface area contributed by atoms with Crippen molar-refractivity contribution >= 4 is 23.6 Å². The van der Waals surface area contributed by atoms with Crippen molar-refractivity contribution in [3.8, 4) is 11.1 Å². The van der Waals surface area contributed by atoms with Gasteiger partial charge in [0.2, 0.25) is 0 Å². The van der Waals surface area contributed by atoms with Gasteiger partial charge in [-0.1, -0.05) is 0 Å². The minimum absolute atomic E-state index is 0.116. The summed E-state index contributed by atoms with van der Waals surface area (Å²) in [4.78, 5) is 28.3. The number of rotatable bonds is 5. The van der Waals surface area contributed by atoms with Crippen LogP contribution in [-0.4, -0.2) is 34.5 Å². The van der Waals surface area contributed by atoms with E-state index in [-0.39, 0.29) is 5.69 Å². The first-order valence-corrected chi connectivity index (χ1v) is 7.03. The Morgan fingerprint density at radius 2 is 2.14 bits per heavy atom. The van der Waals surface area contributed by atoms with Crippen molar-refractivity contribution in [2.75, 3.05) is 17.8 Å². The van der Waals surface area contributed by atoms with Gasteiger partial charge in [-0.15, -0.1) is 0 Å². The Balaban J connectivity index is 2.34. The summed E-state index contributed by atoms with van der Waals surface area (Å²) in [6.07, 6.45) is 6.37. The lowest BCUT2D eigenvalue weighted by Gasteiger charge is -2.13. The molecule has 7 nitrogen and oxygen atoms in total. The highest BCUT2D eigenvalue weighted by molar-refractivity contribution is 7.99. The topological polar surface area (TPSA) is 84.8 Å². The summed E-state index contributed by atoms with van der Waals surface area (Å²) in [6, 6.07) is 5.03. The van der Waals surface area contributed by atoms with Crippen LogP contribution in [0.15, 0.2) is 36.8 Å². The van der Waals surface area contributed by atoms with E-state index in [1.807, 2.05) is 0 Å². The molecule has 0 atom stereocenters. The number of pyridine rings is 2. The largest absolute Gasteiger partial charge is 0.391 e. The maximum Gasteiger partial charge on any atom is 0.391 e. The summed E-state index contributed by atoms with van der Waals surface area (Å²) < 4.78 is 0.998. The molecule has 0 bridgehead atoms. The Morgan fingerprint density at radius 3 is 2.86 bits per heavy atom. The van der Waals surface area contributed by atoms with Gasteiger partial charge >= 0.3 is 5.97 Å². The van der Waals surface area contributed by atoms with E-state index in [2.05, 4.69) is 19.7 Å². The van der Waals surface area contributed by atoms with Crippen LogP contribution < -0.4 is 4.47 Å². The van der Waals surface area contributed by atoms with Crippen molar-refractivity contribution in [1.29, 1.82) is 0 Å². The van der Waals surface area contributed by atoms with Gasteiger partial charge < -0.3 is 0 Å². The molecule has 0 aliphatic carbocycles. The average Bonchev–Trinajstić information content (AvgIpc) is 2.54. The van der Waals surface area contributed by atoms with Crippen LogP contribution in [0.1, 0.15) is 10.5 Å². The fraction of sp³-hybridized carbons (Fsp3) is 0.154. The van der Waals surface area contributed by atoms with Crippen molar-refractivity contribution in [2.24, 2.45) is 0 Å². The molecule has 2 rings (SSSR count). The Hall–Kier alpha value is -2.16. The summed E-state index contributed by atoms with van der Waals surface area (Å²) in [5.74, 6) is -0.684. The lowest BCUT2D eigenvalue weighted by atomic mass is 10.1. The van der Waals surface area contributed by atoms with Gasteiger partial charge in [0.05, 0.1) is 19.0 Å². The predicted octanol–water partition coefficient (Wildman–Crippen LogP) is 2.34. The molecule has 0 saturated carbocycles. The fourth-order valence-corrected chi connectivity index (χ4v) is 1.95. The first-order valence-electron chi connectivity index (χ1n) is 5.85. The molecular weight excluding hydrogens is 294 g/mol. The summed E-state index contributed by atoms with van der Waals surface area (Å²) in [6.45, 7) is 0. The van der Waals surface area contributed by atoms with Crippen LogP contribution in [0.2, 0.25) is 0 Å². The lowest BCUT2D eigenvalue weighted by molar-refractivity contribution is -0.216. The number of carbonyl (C=O) groups is 1. The molecule has 0 saturated heterocycles. The highest BCUT2D eigenvalue weighted by Crippen LogP contribution is 2.25. The molecule has 2 aromatic heterocycles. The molecule has 0 amide bonds. The standard InChI is InChI=1S/C13H13N3O4S/c1-19-20-13(17)12-6-9(3-4-15-12)10-5-11(8-14-7-10)16(18)21-2/h3-8,18H,1-2H3. The Labute approximate surface area is 125 Å². The maximum absolute atomic E-state index is 11.6. The van der Waals surface area contributed by atoms with Crippen LogP contribution in [0.3, 0.4) is 0 Å². The highest BCUT2D eigenvalue weighted by Gasteiger charge is 2.12. The van der Waals surface area contributed by atoms with E-state index in [0.29, 0.717) is 5.69 Å². The van der Waals surface area contributed by atoms with Gasteiger partial charge in [-0.05, 0) is 35.7 Å². The van der Waals surface area contributed by atoms with Crippen LogP contribution in [0.25, 0.3) is 11.1 Å². The molecule has 0 spiro atoms. The second-order valence-electron chi connectivity index (χ2n) is 3.85. The van der Waals surface area contributed by atoms with Crippen molar-refractivity contribution in [3.63, 3.8) is 0 Å². The zero-order valence-electron chi connectivity index (χ0n) is 11.4. The smallest absolute Gasteiger partial charge is 0.291 e. The molecule has 2 heterocycles. The van der Waals surface area contributed by atoms with E-state index >= 15 is 0 Å². The monoisotopic (exact) mass is 307 g/mol. The van der Waals surface area contributed by atoms with E-state index in [1.54, 1.807) is 30.7 Å². The van der Waals surface area contributed by atoms with E-state index in [9.17, 15) is 10.0 Å². The Morgan fingerprint density at radius 1 is 1.33 bits per heavy atom. The summed E-state index contributed by atoms with van der Waals surface area (Å²) in [7, 11) is 1.24. The zero-order valence-corrected chi connectivity index (χ0v) is 12.2. The Kier molecular flexibility index (Phi) is 5.09. The number of nitrogens with zero attached hydrogens (tertiary/aromatic N) is 3. The molecule has 0 aliphatic heterocycles. The molecule has 1 N–H and O–H groups in total. The van der Waals surface area contributed by atoms with Crippen LogP contribution in [0.5, 0.6) is 0 Å². The third-order valence-corrected chi connectivity index (χ3v) is 3.14. The summed E-state index contributed by atoms with van der Waals surface area (Å²) in [5, 5.41) is 9.67. The van der Waals surface area contributed by atoms with Crippen molar-refractivity contribution < 1.29 is 19.8 Å². The van der Waals surface area contributed by atoms with Crippen LogP contribution in [0, 0.1) is 0 Å². The first kappa shape index (κ1) is 15.2. The minimum Gasteiger partial charge on any atom is -0.291 e. The van der Waals surface area contributed by atoms with Crippen molar-refractivity contribution in [1.82, 2.24) is 9.97 Å². The third-order valence-electron chi connectivity index (χ3n) is 2.58. The van der Waals surface area contributed by atoms with Crippen LogP contribution in [-0.2, 0) is 9.78 Å². The first-order chi connectivity index (χ1) is 10.2. The second-order valence-corrected chi connectivity index (χ2v) is 4.57. The van der Waals surface area contributed by atoms with Gasteiger partial charge in [0.25, 0.3) is 0 Å². The van der Waals surface area contributed by atoms with Gasteiger partial charge in [-0.25, -0.2) is 9.78 Å². The number of aromatic nitrogens is 2. The lowest BCUT2D eigenvalue weighted by Crippen LogP contribution is -2.07. The molecule has 0 radical (unpaired) electrons. The quantitative estimate of drug-likeness (QED) is 0.512. The van der Waals surface area contributed by atoms with E-state index in [0.717, 1.165) is 27.5 Å². The third kappa shape index (κ3) is 3.69. The SMILES string of the molecule is COOC(=O)c1cc(-c2cncc(N(O)SC)c2)ccn1.